The van der Waals surface area contributed by atoms with Gasteiger partial charge in [0.15, 0.2) is 0 Å². The molecular weight excluding hydrogens is 226 g/mol. The van der Waals surface area contributed by atoms with E-state index < -0.39 is 0 Å². The van der Waals surface area contributed by atoms with Crippen LogP contribution in [0.3, 0.4) is 0 Å². The lowest BCUT2D eigenvalue weighted by Crippen LogP contribution is -2.15. The minimum atomic E-state index is 0.233. The van der Waals surface area contributed by atoms with E-state index in [1.807, 2.05) is 10.6 Å². The van der Waals surface area contributed by atoms with Crippen LogP contribution in [0.2, 0.25) is 0 Å². The average Bonchev–Trinajstić information content (AvgIpc) is 2.76. The van der Waals surface area contributed by atoms with Crippen LogP contribution >= 0.6 is 23.3 Å². The summed E-state index contributed by atoms with van der Waals surface area (Å²) in [5.41, 5.74) is 2.85. The Morgan fingerprint density at radius 3 is 2.87 bits per heavy atom. The third-order valence-electron chi connectivity index (χ3n) is 3.22. The SMILES string of the molecule is CSN1Cc2c(sc3c2CCCC3)C1=O. The van der Waals surface area contributed by atoms with Crippen molar-refractivity contribution >= 4 is 29.2 Å². The molecule has 1 aliphatic carbocycles. The molecule has 2 heterocycles. The van der Waals surface area contributed by atoms with E-state index >= 15 is 0 Å². The fourth-order valence-corrected chi connectivity index (χ4v) is 4.37. The number of amides is 1. The maximum atomic E-state index is 12.0. The third kappa shape index (κ3) is 1.35. The molecule has 1 aliphatic heterocycles. The molecule has 2 nitrogen and oxygen atoms in total. The van der Waals surface area contributed by atoms with Gasteiger partial charge in [-0.1, -0.05) is 11.9 Å². The Hall–Kier alpha value is -0.480. The average molecular weight is 239 g/mol. The predicted octanol–water partition coefficient (Wildman–Crippen LogP) is 2.86. The molecule has 1 aromatic heterocycles. The molecule has 0 saturated heterocycles. The second-order valence-electron chi connectivity index (χ2n) is 4.04. The van der Waals surface area contributed by atoms with E-state index in [1.54, 1.807) is 23.3 Å². The van der Waals surface area contributed by atoms with Gasteiger partial charge >= 0.3 is 0 Å². The highest BCUT2D eigenvalue weighted by Crippen LogP contribution is 2.40. The van der Waals surface area contributed by atoms with E-state index in [0.717, 1.165) is 11.4 Å². The van der Waals surface area contributed by atoms with Gasteiger partial charge in [0, 0.05) is 11.1 Å². The van der Waals surface area contributed by atoms with E-state index in [0.29, 0.717) is 0 Å². The van der Waals surface area contributed by atoms with Gasteiger partial charge in [0.05, 0.1) is 11.4 Å². The van der Waals surface area contributed by atoms with Crippen LogP contribution in [0.25, 0.3) is 0 Å². The van der Waals surface area contributed by atoms with E-state index in [4.69, 9.17) is 0 Å². The smallest absolute Gasteiger partial charge is 0.274 e. The molecular formula is C11H13NOS2. The van der Waals surface area contributed by atoms with Gasteiger partial charge < -0.3 is 0 Å². The third-order valence-corrected chi connectivity index (χ3v) is 5.28. The van der Waals surface area contributed by atoms with Gasteiger partial charge in [-0.25, -0.2) is 0 Å². The number of hydrogen-bond donors (Lipinski definition) is 0. The normalized spacial score (nSPS) is 19.3. The highest BCUT2D eigenvalue weighted by atomic mass is 32.2. The molecule has 0 N–H and O–H groups in total. The molecule has 80 valence electrons. The van der Waals surface area contributed by atoms with Crippen LogP contribution in [0.5, 0.6) is 0 Å². The van der Waals surface area contributed by atoms with Crippen molar-refractivity contribution in [2.75, 3.05) is 6.26 Å². The van der Waals surface area contributed by atoms with Gasteiger partial charge in [0.2, 0.25) is 0 Å². The lowest BCUT2D eigenvalue weighted by Gasteiger charge is -2.15. The minimum absolute atomic E-state index is 0.233. The standard InChI is InChI=1S/C11H13NOS2/c1-14-12-6-8-7-4-2-3-5-9(7)15-10(8)11(12)13/h2-6H2,1H3. The number of nitrogens with zero attached hydrogens (tertiary/aromatic N) is 1. The van der Waals surface area contributed by atoms with Crippen molar-refractivity contribution in [3.8, 4) is 0 Å². The number of hydrogen-bond acceptors (Lipinski definition) is 3. The van der Waals surface area contributed by atoms with Crippen LogP contribution in [0.4, 0.5) is 0 Å². The van der Waals surface area contributed by atoms with Crippen LogP contribution < -0.4 is 0 Å². The highest BCUT2D eigenvalue weighted by Gasteiger charge is 2.33. The van der Waals surface area contributed by atoms with Gasteiger partial charge in [0.1, 0.15) is 0 Å². The monoisotopic (exact) mass is 239 g/mol. The van der Waals surface area contributed by atoms with Crippen LogP contribution in [0, 0.1) is 0 Å². The Kier molecular flexibility index (Phi) is 2.29. The number of carbonyl (C=O) groups excluding carboxylic acids is 1. The number of thiophene rings is 1. The Labute approximate surface area is 97.8 Å². The summed E-state index contributed by atoms with van der Waals surface area (Å²) in [6.07, 6.45) is 6.95. The zero-order chi connectivity index (χ0) is 10.4. The summed E-state index contributed by atoms with van der Waals surface area (Å²) in [6, 6.07) is 0. The summed E-state index contributed by atoms with van der Waals surface area (Å²) in [4.78, 5) is 14.5. The zero-order valence-electron chi connectivity index (χ0n) is 8.71. The van der Waals surface area contributed by atoms with E-state index in [1.165, 1.54) is 41.7 Å². The molecule has 0 radical (unpaired) electrons. The van der Waals surface area contributed by atoms with Gasteiger partial charge in [-0.15, -0.1) is 11.3 Å². The molecule has 0 atom stereocenters. The van der Waals surface area contributed by atoms with E-state index in [-0.39, 0.29) is 5.91 Å². The van der Waals surface area contributed by atoms with Crippen LogP contribution in [0.15, 0.2) is 0 Å². The summed E-state index contributed by atoms with van der Waals surface area (Å²) >= 11 is 3.29. The van der Waals surface area contributed by atoms with Crippen molar-refractivity contribution in [1.29, 1.82) is 0 Å². The molecule has 1 amide bonds. The molecule has 4 heteroatoms. The van der Waals surface area contributed by atoms with Crippen LogP contribution in [0.1, 0.15) is 38.5 Å². The summed E-state index contributed by atoms with van der Waals surface area (Å²) in [7, 11) is 0. The first-order valence-corrected chi connectivity index (χ1v) is 7.30. The second-order valence-corrected chi connectivity index (χ2v) is 5.95. The summed E-state index contributed by atoms with van der Waals surface area (Å²) in [5, 5.41) is 0. The van der Waals surface area contributed by atoms with Crippen molar-refractivity contribution in [3.05, 3.63) is 20.9 Å². The minimum Gasteiger partial charge on any atom is -0.277 e. The van der Waals surface area contributed by atoms with Crippen molar-refractivity contribution in [2.24, 2.45) is 0 Å². The fraction of sp³-hybridized carbons (Fsp3) is 0.545. The Morgan fingerprint density at radius 1 is 1.27 bits per heavy atom. The maximum Gasteiger partial charge on any atom is 0.274 e. The molecule has 0 aromatic carbocycles. The van der Waals surface area contributed by atoms with Crippen molar-refractivity contribution in [1.82, 2.24) is 4.31 Å². The number of aryl methyl sites for hydroxylation is 1. The van der Waals surface area contributed by atoms with E-state index in [9.17, 15) is 4.79 Å². The topological polar surface area (TPSA) is 20.3 Å². The molecule has 3 rings (SSSR count). The number of fused-ring (bicyclic) bond motifs is 3. The van der Waals surface area contributed by atoms with Crippen molar-refractivity contribution < 1.29 is 4.79 Å². The molecule has 0 saturated carbocycles. The maximum absolute atomic E-state index is 12.0. The molecule has 0 unspecified atom stereocenters. The predicted molar refractivity (Wildman–Crippen MR) is 64.3 cm³/mol. The molecule has 1 aromatic rings. The first-order chi connectivity index (χ1) is 7.31. The number of carbonyl (C=O) groups is 1. The lowest BCUT2D eigenvalue weighted by molar-refractivity contribution is 0.0893. The summed E-state index contributed by atoms with van der Waals surface area (Å²) < 4.78 is 1.87. The molecule has 15 heavy (non-hydrogen) atoms. The number of rotatable bonds is 1. The summed E-state index contributed by atoms with van der Waals surface area (Å²) in [5.74, 6) is 0.233. The Morgan fingerprint density at radius 2 is 2.07 bits per heavy atom. The largest absolute Gasteiger partial charge is 0.277 e. The molecule has 0 spiro atoms. The molecule has 0 fully saturated rings. The first-order valence-electron chi connectivity index (χ1n) is 5.30. The zero-order valence-corrected chi connectivity index (χ0v) is 10.3. The Balaban J connectivity index is 2.06. The van der Waals surface area contributed by atoms with Gasteiger partial charge in [-0.3, -0.25) is 9.10 Å². The van der Waals surface area contributed by atoms with Gasteiger partial charge in [-0.2, -0.15) is 0 Å². The van der Waals surface area contributed by atoms with Crippen molar-refractivity contribution in [2.45, 2.75) is 32.2 Å². The first kappa shape index (κ1) is 9.73. The van der Waals surface area contributed by atoms with E-state index in [2.05, 4.69) is 0 Å². The fourth-order valence-electron chi connectivity index (χ4n) is 2.45. The van der Waals surface area contributed by atoms with Crippen molar-refractivity contribution in [3.63, 3.8) is 0 Å². The van der Waals surface area contributed by atoms with Crippen LogP contribution in [-0.4, -0.2) is 16.5 Å². The van der Waals surface area contributed by atoms with Gasteiger partial charge in [0.25, 0.3) is 5.91 Å². The Bertz CT molecular complexity index is 424. The van der Waals surface area contributed by atoms with Crippen LogP contribution in [-0.2, 0) is 19.4 Å². The second kappa shape index (κ2) is 3.52. The lowest BCUT2D eigenvalue weighted by atomic mass is 9.95. The quantitative estimate of drug-likeness (QED) is 0.702. The highest BCUT2D eigenvalue weighted by molar-refractivity contribution is 7.96. The molecule has 2 aliphatic rings. The summed E-state index contributed by atoms with van der Waals surface area (Å²) in [6.45, 7) is 0.834. The molecule has 0 bridgehead atoms. The van der Waals surface area contributed by atoms with Gasteiger partial charge in [-0.05, 0) is 36.8 Å².